The summed E-state index contributed by atoms with van der Waals surface area (Å²) in [6.07, 6.45) is 9.20. The summed E-state index contributed by atoms with van der Waals surface area (Å²) in [6, 6.07) is 3.90. The normalized spacial score (nSPS) is 14.2. The van der Waals surface area contributed by atoms with Crippen molar-refractivity contribution in [3.63, 3.8) is 0 Å². The van der Waals surface area contributed by atoms with Crippen LogP contribution >= 0.6 is 0 Å². The number of carbonyl (C=O) groups is 1. The maximum absolute atomic E-state index is 11.8. The molecule has 1 fully saturated rings. The smallest absolute Gasteiger partial charge is 0.228 e. The minimum atomic E-state index is 0.0585. The van der Waals surface area contributed by atoms with Crippen LogP contribution in [0, 0.1) is 5.92 Å². The average Bonchev–Trinajstić information content (AvgIpc) is 3.28. The van der Waals surface area contributed by atoms with Crippen molar-refractivity contribution in [1.82, 2.24) is 19.7 Å². The quantitative estimate of drug-likeness (QED) is 0.804. The first kappa shape index (κ1) is 12.9. The lowest BCUT2D eigenvalue weighted by atomic mass is 10.1. The van der Waals surface area contributed by atoms with Gasteiger partial charge < -0.3 is 5.32 Å². The summed E-state index contributed by atoms with van der Waals surface area (Å²) in [5, 5.41) is 7.99. The molecule has 0 atom stereocenters. The predicted molar refractivity (Wildman–Crippen MR) is 83.1 cm³/mol. The number of aromatic nitrogens is 4. The van der Waals surface area contributed by atoms with Crippen molar-refractivity contribution in [2.75, 3.05) is 5.32 Å². The van der Waals surface area contributed by atoms with Crippen LogP contribution in [0.1, 0.15) is 12.8 Å². The van der Waals surface area contributed by atoms with Crippen LogP contribution in [-0.4, -0.2) is 25.7 Å². The topological polar surface area (TPSA) is 72.7 Å². The second kappa shape index (κ2) is 4.91. The van der Waals surface area contributed by atoms with E-state index in [4.69, 9.17) is 0 Å². The molecule has 0 radical (unpaired) electrons. The van der Waals surface area contributed by atoms with Crippen LogP contribution in [0.3, 0.4) is 0 Å². The van der Waals surface area contributed by atoms with E-state index in [0.29, 0.717) is 5.82 Å². The summed E-state index contributed by atoms with van der Waals surface area (Å²) < 4.78 is 1.76. The van der Waals surface area contributed by atoms with Crippen LogP contribution in [0.2, 0.25) is 0 Å². The van der Waals surface area contributed by atoms with Crippen LogP contribution in [-0.2, 0) is 11.8 Å². The highest BCUT2D eigenvalue weighted by Gasteiger charge is 2.29. The Hall–Kier alpha value is -2.76. The molecular weight excluding hydrogens is 278 g/mol. The highest BCUT2D eigenvalue weighted by atomic mass is 16.2. The molecule has 6 nitrogen and oxygen atoms in total. The Labute approximate surface area is 127 Å². The molecule has 1 aliphatic rings. The molecule has 1 amide bonds. The number of amides is 1. The lowest BCUT2D eigenvalue weighted by Crippen LogP contribution is -2.14. The molecule has 3 aromatic rings. The van der Waals surface area contributed by atoms with Gasteiger partial charge in [0.05, 0.1) is 17.9 Å². The van der Waals surface area contributed by atoms with Gasteiger partial charge in [0, 0.05) is 41.9 Å². The highest BCUT2D eigenvalue weighted by Crippen LogP contribution is 2.30. The zero-order valence-electron chi connectivity index (χ0n) is 12.2. The van der Waals surface area contributed by atoms with Gasteiger partial charge in [-0.15, -0.1) is 0 Å². The number of pyridine rings is 2. The van der Waals surface area contributed by atoms with Gasteiger partial charge in [-0.05, 0) is 25.0 Å². The van der Waals surface area contributed by atoms with Crippen molar-refractivity contribution in [3.05, 3.63) is 36.9 Å². The summed E-state index contributed by atoms with van der Waals surface area (Å²) in [5.74, 6) is 0.801. The summed E-state index contributed by atoms with van der Waals surface area (Å²) in [7, 11) is 1.88. The number of fused-ring (bicyclic) bond motifs is 1. The Balaban J connectivity index is 1.69. The number of nitrogens with one attached hydrogen (secondary N) is 1. The molecule has 1 N–H and O–H groups in total. The molecule has 3 aromatic heterocycles. The van der Waals surface area contributed by atoms with E-state index in [1.54, 1.807) is 17.1 Å². The van der Waals surface area contributed by atoms with Gasteiger partial charge in [0.15, 0.2) is 0 Å². The second-order valence-corrected chi connectivity index (χ2v) is 5.65. The van der Waals surface area contributed by atoms with Gasteiger partial charge >= 0.3 is 0 Å². The maximum Gasteiger partial charge on any atom is 0.228 e. The number of hydrogen-bond acceptors (Lipinski definition) is 4. The molecule has 110 valence electrons. The fraction of sp³-hybridized carbons (Fsp3) is 0.250. The number of aryl methyl sites for hydroxylation is 1. The summed E-state index contributed by atoms with van der Waals surface area (Å²) in [6.45, 7) is 0. The standard InChI is InChI=1S/C16H15N5O/c1-21-9-13(7-19-21)12-4-11-5-15(18-8-14(11)17-6-12)20-16(22)10-2-3-10/h4-10H,2-3H2,1H3,(H,18,20,22). The molecule has 0 unspecified atom stereocenters. The minimum absolute atomic E-state index is 0.0585. The third kappa shape index (κ3) is 2.43. The van der Waals surface area contributed by atoms with Crippen LogP contribution in [0.15, 0.2) is 36.9 Å². The Kier molecular flexibility index (Phi) is 2.89. The van der Waals surface area contributed by atoms with Crippen molar-refractivity contribution in [3.8, 4) is 11.1 Å². The van der Waals surface area contributed by atoms with Crippen LogP contribution in [0.5, 0.6) is 0 Å². The Morgan fingerprint density at radius 3 is 2.77 bits per heavy atom. The van der Waals surface area contributed by atoms with Crippen LogP contribution in [0.4, 0.5) is 5.82 Å². The average molecular weight is 293 g/mol. The number of anilines is 1. The minimum Gasteiger partial charge on any atom is -0.310 e. The Bertz CT molecular complexity index is 866. The van der Waals surface area contributed by atoms with Gasteiger partial charge in [-0.2, -0.15) is 5.10 Å². The Morgan fingerprint density at radius 2 is 2.05 bits per heavy atom. The van der Waals surface area contributed by atoms with E-state index >= 15 is 0 Å². The largest absolute Gasteiger partial charge is 0.310 e. The van der Waals surface area contributed by atoms with E-state index in [2.05, 4.69) is 20.4 Å². The van der Waals surface area contributed by atoms with E-state index in [0.717, 1.165) is 34.9 Å². The molecular formula is C16H15N5O. The van der Waals surface area contributed by atoms with Gasteiger partial charge in [0.25, 0.3) is 0 Å². The predicted octanol–water partition coefficient (Wildman–Crippen LogP) is 2.38. The van der Waals surface area contributed by atoms with Crippen molar-refractivity contribution in [2.45, 2.75) is 12.8 Å². The van der Waals surface area contributed by atoms with Crippen LogP contribution < -0.4 is 5.32 Å². The maximum atomic E-state index is 11.8. The van der Waals surface area contributed by atoms with E-state index in [1.165, 1.54) is 0 Å². The number of carbonyl (C=O) groups excluding carboxylic acids is 1. The third-order valence-electron chi connectivity index (χ3n) is 3.81. The first-order valence-electron chi connectivity index (χ1n) is 7.25. The fourth-order valence-corrected chi connectivity index (χ4v) is 2.40. The lowest BCUT2D eigenvalue weighted by Gasteiger charge is -2.05. The van der Waals surface area contributed by atoms with E-state index in [1.807, 2.05) is 31.6 Å². The molecule has 6 heteroatoms. The van der Waals surface area contributed by atoms with Crippen LogP contribution in [0.25, 0.3) is 22.0 Å². The van der Waals surface area contributed by atoms with Gasteiger partial charge in [-0.3, -0.25) is 14.5 Å². The monoisotopic (exact) mass is 293 g/mol. The zero-order chi connectivity index (χ0) is 15.1. The van der Waals surface area contributed by atoms with Crippen molar-refractivity contribution in [1.29, 1.82) is 0 Å². The first-order chi connectivity index (χ1) is 10.7. The van der Waals surface area contributed by atoms with Gasteiger partial charge in [0.2, 0.25) is 5.91 Å². The third-order valence-corrected chi connectivity index (χ3v) is 3.81. The van der Waals surface area contributed by atoms with E-state index < -0.39 is 0 Å². The molecule has 0 saturated heterocycles. The molecule has 0 spiro atoms. The number of hydrogen-bond donors (Lipinski definition) is 1. The molecule has 4 rings (SSSR count). The number of rotatable bonds is 3. The zero-order valence-corrected chi connectivity index (χ0v) is 12.2. The summed E-state index contributed by atoms with van der Waals surface area (Å²) >= 11 is 0. The SMILES string of the molecule is Cn1cc(-c2cnc3cnc(NC(=O)C4CC4)cc3c2)cn1. The van der Waals surface area contributed by atoms with E-state index in [9.17, 15) is 4.79 Å². The lowest BCUT2D eigenvalue weighted by molar-refractivity contribution is -0.117. The molecule has 3 heterocycles. The second-order valence-electron chi connectivity index (χ2n) is 5.65. The fourth-order valence-electron chi connectivity index (χ4n) is 2.40. The molecule has 22 heavy (non-hydrogen) atoms. The molecule has 0 bridgehead atoms. The molecule has 1 aliphatic carbocycles. The number of nitrogens with zero attached hydrogens (tertiary/aromatic N) is 4. The van der Waals surface area contributed by atoms with Gasteiger partial charge in [-0.25, -0.2) is 4.98 Å². The highest BCUT2D eigenvalue weighted by molar-refractivity contribution is 5.95. The molecule has 0 aliphatic heterocycles. The van der Waals surface area contributed by atoms with Crippen molar-refractivity contribution in [2.24, 2.45) is 13.0 Å². The molecule has 1 saturated carbocycles. The first-order valence-corrected chi connectivity index (χ1v) is 7.25. The van der Waals surface area contributed by atoms with Crippen molar-refractivity contribution >= 4 is 22.6 Å². The van der Waals surface area contributed by atoms with E-state index in [-0.39, 0.29) is 11.8 Å². The van der Waals surface area contributed by atoms with Gasteiger partial charge in [0.1, 0.15) is 5.82 Å². The molecule has 0 aromatic carbocycles. The Morgan fingerprint density at radius 1 is 1.18 bits per heavy atom. The van der Waals surface area contributed by atoms with Gasteiger partial charge in [-0.1, -0.05) is 0 Å². The summed E-state index contributed by atoms with van der Waals surface area (Å²) in [5.41, 5.74) is 2.81. The summed E-state index contributed by atoms with van der Waals surface area (Å²) in [4.78, 5) is 20.5. The van der Waals surface area contributed by atoms with Crippen molar-refractivity contribution < 1.29 is 4.79 Å².